The van der Waals surface area contributed by atoms with E-state index in [2.05, 4.69) is 39.9 Å². The quantitative estimate of drug-likeness (QED) is 0.782. The highest BCUT2D eigenvalue weighted by atomic mass is 19.3. The van der Waals surface area contributed by atoms with E-state index in [4.69, 9.17) is 0 Å². The van der Waals surface area contributed by atoms with Crippen LogP contribution in [0.4, 0.5) is 8.78 Å². The third-order valence-electron chi connectivity index (χ3n) is 4.18. The van der Waals surface area contributed by atoms with E-state index < -0.39 is 12.3 Å². The molecule has 1 fully saturated rings. The summed E-state index contributed by atoms with van der Waals surface area (Å²) >= 11 is 0. The van der Waals surface area contributed by atoms with Crippen LogP contribution in [0.1, 0.15) is 41.0 Å². The molecule has 3 atom stereocenters. The zero-order valence-corrected chi connectivity index (χ0v) is 11.8. The lowest BCUT2D eigenvalue weighted by atomic mass is 9.64. The molecule has 0 aliphatic carbocycles. The summed E-state index contributed by atoms with van der Waals surface area (Å²) in [6.45, 7) is 12.1. The third-order valence-corrected chi connectivity index (χ3v) is 4.18. The molecule has 0 aromatic rings. The number of hydrogen-bond donors (Lipinski definition) is 1. The Morgan fingerprint density at radius 2 is 1.76 bits per heavy atom. The summed E-state index contributed by atoms with van der Waals surface area (Å²) < 4.78 is 26.5. The van der Waals surface area contributed by atoms with Crippen molar-refractivity contribution in [2.24, 2.45) is 29.1 Å². The number of halogens is 2. The molecule has 3 unspecified atom stereocenters. The predicted molar refractivity (Wildman–Crippen MR) is 68.3 cm³/mol. The van der Waals surface area contributed by atoms with Crippen LogP contribution in [-0.2, 0) is 0 Å². The molecular weight excluding hydrogens is 220 g/mol. The van der Waals surface area contributed by atoms with Crippen molar-refractivity contribution < 1.29 is 8.78 Å². The van der Waals surface area contributed by atoms with Crippen molar-refractivity contribution in [1.29, 1.82) is 0 Å². The Labute approximate surface area is 104 Å². The Morgan fingerprint density at radius 3 is 2.18 bits per heavy atom. The van der Waals surface area contributed by atoms with Crippen LogP contribution in [-0.4, -0.2) is 19.5 Å². The third kappa shape index (κ3) is 3.64. The monoisotopic (exact) mass is 247 g/mol. The van der Waals surface area contributed by atoms with E-state index in [9.17, 15) is 8.78 Å². The molecule has 1 aliphatic heterocycles. The Hall–Kier alpha value is -0.180. The second kappa shape index (κ2) is 5.64. The highest BCUT2D eigenvalue weighted by Crippen LogP contribution is 2.44. The molecule has 0 saturated carbocycles. The van der Waals surface area contributed by atoms with E-state index >= 15 is 0 Å². The Bertz CT molecular complexity index is 233. The summed E-state index contributed by atoms with van der Waals surface area (Å²) in [6, 6.07) is 0. The maximum atomic E-state index is 13.2. The normalized spacial score (nSPS) is 31.9. The maximum Gasteiger partial charge on any atom is 0.242 e. The standard InChI is InChI=1S/C14H27F2N/c1-9(2)12-10(13(15)16)8-17-7-6-11(12)14(3,4)5/h9-13,17H,6-8H2,1-5H3. The molecule has 1 N–H and O–H groups in total. The van der Waals surface area contributed by atoms with Gasteiger partial charge in [0.05, 0.1) is 0 Å². The minimum Gasteiger partial charge on any atom is -0.316 e. The summed E-state index contributed by atoms with van der Waals surface area (Å²) in [6.07, 6.45) is -1.20. The summed E-state index contributed by atoms with van der Waals surface area (Å²) in [5, 5.41) is 3.19. The fourth-order valence-electron chi connectivity index (χ4n) is 3.38. The maximum absolute atomic E-state index is 13.2. The van der Waals surface area contributed by atoms with Crippen molar-refractivity contribution in [2.45, 2.75) is 47.5 Å². The van der Waals surface area contributed by atoms with Gasteiger partial charge >= 0.3 is 0 Å². The Morgan fingerprint density at radius 1 is 1.18 bits per heavy atom. The van der Waals surface area contributed by atoms with Crippen molar-refractivity contribution >= 4 is 0 Å². The molecule has 1 saturated heterocycles. The summed E-state index contributed by atoms with van der Waals surface area (Å²) in [5.74, 6) is 0.307. The molecule has 0 aromatic heterocycles. The largest absolute Gasteiger partial charge is 0.316 e. The van der Waals surface area contributed by atoms with Crippen molar-refractivity contribution in [3.8, 4) is 0 Å². The van der Waals surface area contributed by atoms with Gasteiger partial charge in [-0.1, -0.05) is 34.6 Å². The van der Waals surface area contributed by atoms with Gasteiger partial charge in [0.1, 0.15) is 0 Å². The second-order valence-corrected chi connectivity index (χ2v) is 6.78. The zero-order valence-electron chi connectivity index (χ0n) is 11.8. The topological polar surface area (TPSA) is 12.0 Å². The first-order chi connectivity index (χ1) is 7.75. The molecule has 1 heterocycles. The van der Waals surface area contributed by atoms with Gasteiger partial charge in [-0.15, -0.1) is 0 Å². The van der Waals surface area contributed by atoms with Crippen molar-refractivity contribution in [2.75, 3.05) is 13.1 Å². The number of nitrogens with one attached hydrogen (secondary N) is 1. The van der Waals surface area contributed by atoms with Crippen LogP contribution in [0.15, 0.2) is 0 Å². The second-order valence-electron chi connectivity index (χ2n) is 6.78. The number of hydrogen-bond acceptors (Lipinski definition) is 1. The first kappa shape index (κ1) is 14.9. The molecule has 102 valence electrons. The summed E-state index contributed by atoms with van der Waals surface area (Å²) in [5.41, 5.74) is 0.105. The molecule has 1 nitrogen and oxygen atoms in total. The molecule has 1 rings (SSSR count). The van der Waals surface area contributed by atoms with Crippen molar-refractivity contribution in [3.05, 3.63) is 0 Å². The Kier molecular flexibility index (Phi) is 4.94. The van der Waals surface area contributed by atoms with Gasteiger partial charge in [0.25, 0.3) is 0 Å². The van der Waals surface area contributed by atoms with Gasteiger partial charge in [-0.25, -0.2) is 8.78 Å². The van der Waals surface area contributed by atoms with Crippen LogP contribution in [0.5, 0.6) is 0 Å². The van der Waals surface area contributed by atoms with Gasteiger partial charge in [-0.2, -0.15) is 0 Å². The van der Waals surface area contributed by atoms with E-state index in [1.807, 2.05) is 0 Å². The van der Waals surface area contributed by atoms with Crippen LogP contribution in [0.25, 0.3) is 0 Å². The fourth-order valence-corrected chi connectivity index (χ4v) is 3.38. The average molecular weight is 247 g/mol. The van der Waals surface area contributed by atoms with Crippen molar-refractivity contribution in [1.82, 2.24) is 5.32 Å². The molecule has 1 aliphatic rings. The Balaban J connectivity index is 3.00. The predicted octanol–water partition coefficient (Wildman–Crippen LogP) is 3.80. The molecule has 0 radical (unpaired) electrons. The number of rotatable bonds is 2. The fraction of sp³-hybridized carbons (Fsp3) is 1.00. The van der Waals surface area contributed by atoms with Gasteiger partial charge in [-0.05, 0) is 36.1 Å². The molecule has 3 heteroatoms. The molecule has 0 spiro atoms. The van der Waals surface area contributed by atoms with E-state index in [1.165, 1.54) is 0 Å². The minimum absolute atomic E-state index is 0.105. The highest BCUT2D eigenvalue weighted by Gasteiger charge is 2.42. The van der Waals surface area contributed by atoms with E-state index in [0.29, 0.717) is 18.4 Å². The van der Waals surface area contributed by atoms with Gasteiger partial charge in [-0.3, -0.25) is 0 Å². The van der Waals surface area contributed by atoms with Gasteiger partial charge in [0.2, 0.25) is 6.43 Å². The van der Waals surface area contributed by atoms with Crippen LogP contribution in [0, 0.1) is 29.1 Å². The summed E-state index contributed by atoms with van der Waals surface area (Å²) in [4.78, 5) is 0. The lowest BCUT2D eigenvalue weighted by Crippen LogP contribution is -2.39. The zero-order chi connectivity index (χ0) is 13.2. The van der Waals surface area contributed by atoms with Gasteiger partial charge < -0.3 is 5.32 Å². The summed E-state index contributed by atoms with van der Waals surface area (Å²) in [7, 11) is 0. The SMILES string of the molecule is CC(C)C1C(C(F)F)CNCCC1C(C)(C)C. The molecule has 17 heavy (non-hydrogen) atoms. The van der Waals surface area contributed by atoms with Crippen LogP contribution in [0.2, 0.25) is 0 Å². The average Bonchev–Trinajstić information content (AvgIpc) is 2.37. The first-order valence-corrected chi connectivity index (χ1v) is 6.74. The molecule has 0 bridgehead atoms. The van der Waals surface area contributed by atoms with Crippen LogP contribution in [0.3, 0.4) is 0 Å². The van der Waals surface area contributed by atoms with Crippen LogP contribution < -0.4 is 5.32 Å². The smallest absolute Gasteiger partial charge is 0.242 e. The molecule has 0 aromatic carbocycles. The number of alkyl halides is 2. The van der Waals surface area contributed by atoms with E-state index in [-0.39, 0.29) is 11.3 Å². The van der Waals surface area contributed by atoms with E-state index in [0.717, 1.165) is 13.0 Å². The first-order valence-electron chi connectivity index (χ1n) is 6.74. The van der Waals surface area contributed by atoms with E-state index in [1.54, 1.807) is 0 Å². The molecule has 0 amide bonds. The highest BCUT2D eigenvalue weighted by molar-refractivity contribution is 4.90. The van der Waals surface area contributed by atoms with Crippen LogP contribution >= 0.6 is 0 Å². The van der Waals surface area contributed by atoms with Crippen molar-refractivity contribution in [3.63, 3.8) is 0 Å². The lowest BCUT2D eigenvalue weighted by molar-refractivity contribution is -0.0111. The molecular formula is C14H27F2N. The lowest BCUT2D eigenvalue weighted by Gasteiger charge is -2.41. The van der Waals surface area contributed by atoms with Gasteiger partial charge in [0.15, 0.2) is 0 Å². The minimum atomic E-state index is -2.21. The van der Waals surface area contributed by atoms with Gasteiger partial charge in [0, 0.05) is 12.5 Å².